The molecule has 0 aliphatic heterocycles. The van der Waals surface area contributed by atoms with E-state index in [0.717, 1.165) is 28.9 Å². The SMILES string of the molecule is O=C(O)c1cn2nc(-c3ccc(F)cc3)cc(C(F)(F)F)c2n1. The molecule has 0 bridgehead atoms. The number of hydrogen-bond acceptors (Lipinski definition) is 3. The van der Waals surface area contributed by atoms with Gasteiger partial charge in [-0.3, -0.25) is 0 Å². The molecule has 0 atom stereocenters. The predicted octanol–water partition coefficient (Wildman–Crippen LogP) is 3.25. The van der Waals surface area contributed by atoms with Crippen molar-refractivity contribution in [1.29, 1.82) is 0 Å². The van der Waals surface area contributed by atoms with Crippen LogP contribution in [0.25, 0.3) is 16.9 Å². The molecule has 0 spiro atoms. The van der Waals surface area contributed by atoms with Crippen molar-refractivity contribution in [3.63, 3.8) is 0 Å². The van der Waals surface area contributed by atoms with Crippen LogP contribution in [0.3, 0.4) is 0 Å². The van der Waals surface area contributed by atoms with Crippen molar-refractivity contribution >= 4 is 11.6 Å². The van der Waals surface area contributed by atoms with Gasteiger partial charge in [-0.25, -0.2) is 18.7 Å². The lowest BCUT2D eigenvalue weighted by Gasteiger charge is -2.10. The van der Waals surface area contributed by atoms with E-state index >= 15 is 0 Å². The van der Waals surface area contributed by atoms with Crippen LogP contribution in [0.4, 0.5) is 17.6 Å². The molecule has 0 fully saturated rings. The Bertz CT molecular complexity index is 901. The molecule has 0 saturated carbocycles. The maximum absolute atomic E-state index is 13.2. The molecule has 23 heavy (non-hydrogen) atoms. The van der Waals surface area contributed by atoms with E-state index in [1.165, 1.54) is 12.1 Å². The Balaban J connectivity index is 2.28. The highest BCUT2D eigenvalue weighted by atomic mass is 19.4. The van der Waals surface area contributed by atoms with Crippen LogP contribution in [0.1, 0.15) is 16.1 Å². The fourth-order valence-electron chi connectivity index (χ4n) is 2.05. The average molecular weight is 325 g/mol. The maximum Gasteiger partial charge on any atom is 0.420 e. The van der Waals surface area contributed by atoms with Crippen LogP contribution in [0, 0.1) is 5.82 Å². The molecule has 1 N–H and O–H groups in total. The van der Waals surface area contributed by atoms with E-state index in [2.05, 4.69) is 10.1 Å². The minimum Gasteiger partial charge on any atom is -0.476 e. The Morgan fingerprint density at radius 3 is 2.39 bits per heavy atom. The third-order valence-electron chi connectivity index (χ3n) is 3.09. The zero-order valence-corrected chi connectivity index (χ0v) is 11.2. The lowest BCUT2D eigenvalue weighted by atomic mass is 10.1. The van der Waals surface area contributed by atoms with Gasteiger partial charge >= 0.3 is 12.1 Å². The van der Waals surface area contributed by atoms with Crippen molar-refractivity contribution in [3.05, 3.63) is 53.6 Å². The van der Waals surface area contributed by atoms with Gasteiger partial charge in [0, 0.05) is 5.56 Å². The van der Waals surface area contributed by atoms with Crippen molar-refractivity contribution in [1.82, 2.24) is 14.6 Å². The second-order valence-electron chi connectivity index (χ2n) is 4.65. The summed E-state index contributed by atoms with van der Waals surface area (Å²) in [7, 11) is 0. The molecule has 0 radical (unpaired) electrons. The molecule has 0 amide bonds. The molecule has 0 aliphatic rings. The van der Waals surface area contributed by atoms with Gasteiger partial charge in [0.05, 0.1) is 11.9 Å². The van der Waals surface area contributed by atoms with Crippen molar-refractivity contribution in [3.8, 4) is 11.3 Å². The molecule has 2 aromatic heterocycles. The fourth-order valence-corrected chi connectivity index (χ4v) is 2.05. The van der Waals surface area contributed by atoms with Crippen molar-refractivity contribution < 1.29 is 27.5 Å². The Labute approximate surface area is 125 Å². The van der Waals surface area contributed by atoms with Crippen LogP contribution in [0.2, 0.25) is 0 Å². The first-order valence-corrected chi connectivity index (χ1v) is 6.22. The smallest absolute Gasteiger partial charge is 0.420 e. The number of rotatable bonds is 2. The van der Waals surface area contributed by atoms with Crippen molar-refractivity contribution in [2.24, 2.45) is 0 Å². The standard InChI is InChI=1S/C14H7F4N3O2/c15-8-3-1-7(2-4-8)10-5-9(14(16,17)18)12-19-11(13(22)23)6-21(12)20-10/h1-6H,(H,22,23). The quantitative estimate of drug-likeness (QED) is 0.735. The Kier molecular flexibility index (Phi) is 3.28. The minimum atomic E-state index is -4.75. The molecular weight excluding hydrogens is 318 g/mol. The van der Waals surface area contributed by atoms with Crippen molar-refractivity contribution in [2.45, 2.75) is 6.18 Å². The van der Waals surface area contributed by atoms with E-state index in [9.17, 15) is 22.4 Å². The highest BCUT2D eigenvalue weighted by molar-refractivity contribution is 5.86. The van der Waals surface area contributed by atoms with E-state index in [4.69, 9.17) is 5.11 Å². The topological polar surface area (TPSA) is 67.5 Å². The van der Waals surface area contributed by atoms with Gasteiger partial charge in [0.1, 0.15) is 11.4 Å². The summed E-state index contributed by atoms with van der Waals surface area (Å²) in [6.45, 7) is 0. The number of benzene rings is 1. The van der Waals surface area contributed by atoms with Crippen LogP contribution in [0.5, 0.6) is 0 Å². The van der Waals surface area contributed by atoms with Crippen molar-refractivity contribution in [2.75, 3.05) is 0 Å². The van der Waals surface area contributed by atoms with Gasteiger partial charge in [-0.15, -0.1) is 0 Å². The summed E-state index contributed by atoms with van der Waals surface area (Å²) in [5, 5.41) is 12.8. The molecule has 0 aliphatic carbocycles. The molecular formula is C14H7F4N3O2. The third-order valence-corrected chi connectivity index (χ3v) is 3.09. The lowest BCUT2D eigenvalue weighted by molar-refractivity contribution is -0.136. The van der Waals surface area contributed by atoms with E-state index in [0.29, 0.717) is 0 Å². The van der Waals surface area contributed by atoms with Crippen LogP contribution in [-0.4, -0.2) is 25.7 Å². The van der Waals surface area contributed by atoms with Gasteiger partial charge in [0.2, 0.25) is 0 Å². The maximum atomic E-state index is 13.2. The molecule has 1 aromatic carbocycles. The highest BCUT2D eigenvalue weighted by Crippen LogP contribution is 2.34. The average Bonchev–Trinajstić information content (AvgIpc) is 2.90. The summed E-state index contributed by atoms with van der Waals surface area (Å²) >= 11 is 0. The molecule has 118 valence electrons. The van der Waals surface area contributed by atoms with Gasteiger partial charge in [-0.05, 0) is 30.3 Å². The number of alkyl halides is 3. The van der Waals surface area contributed by atoms with E-state index in [-0.39, 0.29) is 11.3 Å². The normalized spacial score (nSPS) is 11.8. The number of nitrogens with zero attached hydrogens (tertiary/aromatic N) is 3. The predicted molar refractivity (Wildman–Crippen MR) is 70.3 cm³/mol. The zero-order valence-electron chi connectivity index (χ0n) is 11.2. The highest BCUT2D eigenvalue weighted by Gasteiger charge is 2.35. The van der Waals surface area contributed by atoms with E-state index in [1.54, 1.807) is 0 Å². The second kappa shape index (κ2) is 5.04. The molecule has 3 aromatic rings. The van der Waals surface area contributed by atoms with Gasteiger partial charge in [0.15, 0.2) is 11.3 Å². The molecule has 0 unspecified atom stereocenters. The number of aromatic carboxylic acids is 1. The summed E-state index contributed by atoms with van der Waals surface area (Å²) in [5.41, 5.74) is -2.12. The van der Waals surface area contributed by atoms with Gasteiger partial charge in [0.25, 0.3) is 0 Å². The Hall–Kier alpha value is -2.97. The summed E-state index contributed by atoms with van der Waals surface area (Å²) in [6, 6.07) is 5.48. The number of carboxylic acids is 1. The minimum absolute atomic E-state index is 0.0841. The first-order valence-electron chi connectivity index (χ1n) is 6.22. The molecule has 2 heterocycles. The molecule has 9 heteroatoms. The monoisotopic (exact) mass is 325 g/mol. The number of carbonyl (C=O) groups is 1. The summed E-state index contributed by atoms with van der Waals surface area (Å²) in [5.74, 6) is -2.01. The van der Waals surface area contributed by atoms with Gasteiger partial charge in [-0.2, -0.15) is 18.3 Å². The Morgan fingerprint density at radius 1 is 1.17 bits per heavy atom. The van der Waals surface area contributed by atoms with Crippen LogP contribution >= 0.6 is 0 Å². The van der Waals surface area contributed by atoms with E-state index in [1.807, 2.05) is 0 Å². The first kappa shape index (κ1) is 14.9. The first-order chi connectivity index (χ1) is 10.8. The fraction of sp³-hybridized carbons (Fsp3) is 0.0714. The number of hydrogen-bond donors (Lipinski definition) is 1. The third kappa shape index (κ3) is 2.72. The number of imidazole rings is 1. The molecule has 3 rings (SSSR count). The second-order valence-corrected chi connectivity index (χ2v) is 4.65. The van der Waals surface area contributed by atoms with Crippen LogP contribution in [-0.2, 0) is 6.18 Å². The molecule has 5 nitrogen and oxygen atoms in total. The number of aromatic nitrogens is 3. The van der Waals surface area contributed by atoms with Crippen LogP contribution in [0.15, 0.2) is 36.5 Å². The number of halogens is 4. The zero-order chi connectivity index (χ0) is 16.8. The van der Waals surface area contributed by atoms with Gasteiger partial charge < -0.3 is 5.11 Å². The summed E-state index contributed by atoms with van der Waals surface area (Å²) in [6.07, 6.45) is -3.86. The number of fused-ring (bicyclic) bond motifs is 1. The summed E-state index contributed by atoms with van der Waals surface area (Å²) in [4.78, 5) is 14.3. The molecule has 0 saturated heterocycles. The summed E-state index contributed by atoms with van der Waals surface area (Å²) < 4.78 is 53.3. The number of carboxylic acid groups (broad SMARTS) is 1. The Morgan fingerprint density at radius 2 is 1.83 bits per heavy atom. The largest absolute Gasteiger partial charge is 0.476 e. The van der Waals surface area contributed by atoms with E-state index < -0.39 is 34.9 Å². The lowest BCUT2D eigenvalue weighted by Crippen LogP contribution is -2.10. The van der Waals surface area contributed by atoms with Crippen LogP contribution < -0.4 is 0 Å². The van der Waals surface area contributed by atoms with Gasteiger partial charge in [-0.1, -0.05) is 0 Å².